The van der Waals surface area contributed by atoms with Crippen LogP contribution in [0.15, 0.2) is 60.3 Å². The summed E-state index contributed by atoms with van der Waals surface area (Å²) in [6.45, 7) is 5.98. The summed E-state index contributed by atoms with van der Waals surface area (Å²) in [5.41, 5.74) is 2.13. The van der Waals surface area contributed by atoms with Gasteiger partial charge in [0.2, 0.25) is 5.91 Å². The number of nitrogens with one attached hydrogen (secondary N) is 1. The van der Waals surface area contributed by atoms with Gasteiger partial charge in [-0.05, 0) is 36.2 Å². The molecule has 11 heteroatoms. The zero-order valence-electron chi connectivity index (χ0n) is 17.9. The molecule has 0 fully saturated rings. The van der Waals surface area contributed by atoms with Crippen molar-refractivity contribution < 1.29 is 14.1 Å². The van der Waals surface area contributed by atoms with Crippen LogP contribution in [-0.2, 0) is 22.8 Å². The van der Waals surface area contributed by atoms with Crippen molar-refractivity contribution in [2.45, 2.75) is 30.1 Å². The van der Waals surface area contributed by atoms with Crippen molar-refractivity contribution in [2.75, 3.05) is 11.1 Å². The van der Waals surface area contributed by atoms with Crippen molar-refractivity contribution in [3.63, 3.8) is 0 Å². The van der Waals surface area contributed by atoms with E-state index in [2.05, 4.69) is 22.1 Å². The van der Waals surface area contributed by atoms with E-state index in [1.165, 1.54) is 42.1 Å². The molecular formula is C22H22FN5O3S2. The average molecular weight is 488 g/mol. The number of anilines is 1. The molecule has 3 rings (SSSR count). The molecule has 33 heavy (non-hydrogen) atoms. The summed E-state index contributed by atoms with van der Waals surface area (Å²) in [5, 5.41) is 22.7. The predicted molar refractivity (Wildman–Crippen MR) is 129 cm³/mol. The zero-order chi connectivity index (χ0) is 23.8. The third kappa shape index (κ3) is 6.90. The van der Waals surface area contributed by atoms with Crippen molar-refractivity contribution >= 4 is 40.8 Å². The van der Waals surface area contributed by atoms with Crippen molar-refractivity contribution in [3.8, 4) is 0 Å². The number of rotatable bonds is 11. The minimum atomic E-state index is -0.476. The maximum Gasteiger partial charge on any atom is 0.269 e. The molecule has 0 spiro atoms. The zero-order valence-corrected chi connectivity index (χ0v) is 19.5. The van der Waals surface area contributed by atoms with E-state index >= 15 is 0 Å². The normalized spacial score (nSPS) is 10.7. The number of carbonyl (C=O) groups excluding carboxylic acids is 1. The number of halogens is 1. The van der Waals surface area contributed by atoms with E-state index in [4.69, 9.17) is 0 Å². The Morgan fingerprint density at radius 2 is 2.00 bits per heavy atom. The molecule has 1 heterocycles. The first-order valence-corrected chi connectivity index (χ1v) is 12.0. The second-order valence-corrected chi connectivity index (χ2v) is 8.94. The largest absolute Gasteiger partial charge is 0.325 e. The first-order chi connectivity index (χ1) is 15.9. The minimum Gasteiger partial charge on any atom is -0.325 e. The van der Waals surface area contributed by atoms with E-state index in [1.54, 1.807) is 36.9 Å². The maximum atomic E-state index is 13.0. The Morgan fingerprint density at radius 3 is 2.67 bits per heavy atom. The molecule has 1 aromatic heterocycles. The van der Waals surface area contributed by atoms with Gasteiger partial charge in [0.25, 0.3) is 5.69 Å². The van der Waals surface area contributed by atoms with E-state index in [-0.39, 0.29) is 23.2 Å². The first-order valence-electron chi connectivity index (χ1n) is 9.90. The standard InChI is InChI=1S/C22H22FN5O3S2/c1-3-10-27-20(13-32-12-16-4-6-17(23)7-5-16)25-26-22(27)33-14-21(29)24-19-9-8-18(28(30)31)11-15(19)2/h3-9,11H,1,10,12-14H2,2H3,(H,24,29). The van der Waals surface area contributed by atoms with Gasteiger partial charge in [0.15, 0.2) is 5.16 Å². The number of allylic oxidation sites excluding steroid dienone is 1. The molecule has 2 aromatic carbocycles. The molecule has 0 aliphatic carbocycles. The van der Waals surface area contributed by atoms with Crippen LogP contribution in [-0.4, -0.2) is 31.3 Å². The molecule has 172 valence electrons. The molecule has 0 bridgehead atoms. The number of aryl methyl sites for hydroxylation is 1. The summed E-state index contributed by atoms with van der Waals surface area (Å²) in [7, 11) is 0. The highest BCUT2D eigenvalue weighted by molar-refractivity contribution is 7.99. The molecule has 0 saturated carbocycles. The van der Waals surface area contributed by atoms with Crippen molar-refractivity contribution in [2.24, 2.45) is 0 Å². The number of nitrogens with zero attached hydrogens (tertiary/aromatic N) is 4. The highest BCUT2D eigenvalue weighted by Gasteiger charge is 2.15. The van der Waals surface area contributed by atoms with Gasteiger partial charge >= 0.3 is 0 Å². The van der Waals surface area contributed by atoms with Crippen LogP contribution in [0.3, 0.4) is 0 Å². The molecular weight excluding hydrogens is 465 g/mol. The predicted octanol–water partition coefficient (Wildman–Crippen LogP) is 4.98. The number of thioether (sulfide) groups is 2. The van der Waals surface area contributed by atoms with E-state index in [1.807, 2.05) is 4.57 Å². The van der Waals surface area contributed by atoms with Gasteiger partial charge in [-0.3, -0.25) is 14.9 Å². The molecule has 8 nitrogen and oxygen atoms in total. The van der Waals surface area contributed by atoms with Crippen LogP contribution in [0.25, 0.3) is 0 Å². The highest BCUT2D eigenvalue weighted by Crippen LogP contribution is 2.24. The van der Waals surface area contributed by atoms with Crippen molar-refractivity contribution in [3.05, 3.63) is 88.0 Å². The summed E-state index contributed by atoms with van der Waals surface area (Å²) < 4.78 is 14.9. The Labute approximate surface area is 198 Å². The second kappa shape index (κ2) is 11.6. The third-order valence-corrected chi connectivity index (χ3v) is 6.51. The van der Waals surface area contributed by atoms with E-state index < -0.39 is 4.92 Å². The van der Waals surface area contributed by atoms with Crippen LogP contribution < -0.4 is 5.32 Å². The number of hydrogen-bond acceptors (Lipinski definition) is 7. The number of benzene rings is 2. The average Bonchev–Trinajstić information content (AvgIpc) is 3.16. The summed E-state index contributed by atoms with van der Waals surface area (Å²) in [6.07, 6.45) is 1.74. The molecule has 0 radical (unpaired) electrons. The van der Waals surface area contributed by atoms with Crippen LogP contribution >= 0.6 is 23.5 Å². The minimum absolute atomic E-state index is 0.0257. The fraction of sp³-hybridized carbons (Fsp3) is 0.227. The number of nitro groups is 1. The lowest BCUT2D eigenvalue weighted by atomic mass is 10.2. The van der Waals surface area contributed by atoms with E-state index in [0.717, 1.165) is 11.4 Å². The molecule has 1 amide bonds. The van der Waals surface area contributed by atoms with E-state index in [0.29, 0.717) is 34.5 Å². The van der Waals surface area contributed by atoms with Gasteiger partial charge in [-0.1, -0.05) is 30.0 Å². The summed E-state index contributed by atoms with van der Waals surface area (Å²) in [4.78, 5) is 22.8. The van der Waals surface area contributed by atoms with Crippen LogP contribution in [0.1, 0.15) is 17.0 Å². The fourth-order valence-corrected chi connectivity index (χ4v) is 4.60. The lowest BCUT2D eigenvalue weighted by Crippen LogP contribution is -2.15. The van der Waals surface area contributed by atoms with Gasteiger partial charge in [0, 0.05) is 30.1 Å². The molecule has 0 saturated heterocycles. The Hall–Kier alpha value is -3.18. The molecule has 0 aliphatic heterocycles. The monoisotopic (exact) mass is 487 g/mol. The van der Waals surface area contributed by atoms with Gasteiger partial charge in [-0.25, -0.2) is 4.39 Å². The van der Waals surface area contributed by atoms with Gasteiger partial charge < -0.3 is 9.88 Å². The van der Waals surface area contributed by atoms with Gasteiger partial charge in [0.1, 0.15) is 11.6 Å². The number of amides is 1. The number of nitro benzene ring substituents is 1. The summed E-state index contributed by atoms with van der Waals surface area (Å²) >= 11 is 2.88. The fourth-order valence-electron chi connectivity index (χ4n) is 2.90. The Kier molecular flexibility index (Phi) is 8.61. The molecule has 0 unspecified atom stereocenters. The summed E-state index contributed by atoms with van der Waals surface area (Å²) in [5.74, 6) is 1.67. The third-order valence-electron chi connectivity index (χ3n) is 4.55. The van der Waals surface area contributed by atoms with Gasteiger partial charge in [-0.2, -0.15) is 0 Å². The van der Waals surface area contributed by atoms with Crippen LogP contribution in [0, 0.1) is 22.9 Å². The molecule has 0 atom stereocenters. The topological polar surface area (TPSA) is 103 Å². The summed E-state index contributed by atoms with van der Waals surface area (Å²) in [6, 6.07) is 10.7. The van der Waals surface area contributed by atoms with Crippen LogP contribution in [0.5, 0.6) is 0 Å². The SMILES string of the molecule is C=CCn1c(CSCc2ccc(F)cc2)nnc1SCC(=O)Nc1ccc([N+](=O)[O-])cc1C. The molecule has 1 N–H and O–H groups in total. The smallest absolute Gasteiger partial charge is 0.269 e. The Bertz CT molecular complexity index is 1150. The molecule has 3 aromatic rings. The van der Waals surface area contributed by atoms with Gasteiger partial charge in [0.05, 0.1) is 16.4 Å². The number of hydrogen-bond donors (Lipinski definition) is 1. The number of carbonyl (C=O) groups is 1. The second-order valence-electron chi connectivity index (χ2n) is 7.01. The quantitative estimate of drug-likeness (QED) is 0.176. The first kappa shape index (κ1) is 24.5. The van der Waals surface area contributed by atoms with Crippen LogP contribution in [0.2, 0.25) is 0 Å². The van der Waals surface area contributed by atoms with Gasteiger partial charge in [-0.15, -0.1) is 28.5 Å². The van der Waals surface area contributed by atoms with Crippen molar-refractivity contribution in [1.82, 2.24) is 14.8 Å². The van der Waals surface area contributed by atoms with Crippen LogP contribution in [0.4, 0.5) is 15.8 Å². The lowest BCUT2D eigenvalue weighted by molar-refractivity contribution is -0.384. The number of non-ortho nitro benzene ring substituents is 1. The molecule has 0 aliphatic rings. The highest BCUT2D eigenvalue weighted by atomic mass is 32.2. The Morgan fingerprint density at radius 1 is 1.24 bits per heavy atom. The lowest BCUT2D eigenvalue weighted by Gasteiger charge is -2.09. The van der Waals surface area contributed by atoms with Crippen molar-refractivity contribution in [1.29, 1.82) is 0 Å². The Balaban J connectivity index is 1.57. The van der Waals surface area contributed by atoms with E-state index in [9.17, 15) is 19.3 Å². The maximum absolute atomic E-state index is 13.0. The number of aromatic nitrogens is 3.